The molecular weight excluding hydrogens is 1010 g/mol. The zero-order chi connectivity index (χ0) is 58.4. The monoisotopic (exact) mass is 1100 g/mol. The fourth-order valence-electron chi connectivity index (χ4n) is 10.1. The van der Waals surface area contributed by atoms with Crippen LogP contribution in [0.1, 0.15) is 113 Å². The molecule has 0 bridgehead atoms. The third kappa shape index (κ3) is 19.8. The third-order valence-corrected chi connectivity index (χ3v) is 14.7. The van der Waals surface area contributed by atoms with Gasteiger partial charge in [0.1, 0.15) is 0 Å². The summed E-state index contributed by atoms with van der Waals surface area (Å²) < 4.78 is 0. The molecule has 0 nitrogen and oxygen atoms in total. The average Bonchev–Trinajstić information content (AvgIpc) is 3.75. The first-order valence-corrected chi connectivity index (χ1v) is 29.8. The fourth-order valence-corrected chi connectivity index (χ4v) is 10.1. The van der Waals surface area contributed by atoms with E-state index in [9.17, 15) is 0 Å². The van der Waals surface area contributed by atoms with E-state index in [-0.39, 0.29) is 7.43 Å². The highest BCUT2D eigenvalue weighted by Crippen LogP contribution is 2.33. The molecule has 0 aliphatic heterocycles. The predicted molar refractivity (Wildman–Crippen MR) is 373 cm³/mol. The minimum absolute atomic E-state index is 0. The second-order valence-electron chi connectivity index (χ2n) is 21.1. The minimum atomic E-state index is 0. The molecule has 0 amide bonds. The molecule has 1 unspecified atom stereocenters. The molecule has 0 aliphatic carbocycles. The topological polar surface area (TPSA) is 0 Å². The van der Waals surface area contributed by atoms with Crippen molar-refractivity contribution in [2.75, 3.05) is 0 Å². The van der Waals surface area contributed by atoms with Gasteiger partial charge < -0.3 is 0 Å². The molecule has 10 rings (SSSR count). The van der Waals surface area contributed by atoms with E-state index >= 15 is 0 Å². The van der Waals surface area contributed by atoms with Gasteiger partial charge in [-0.3, -0.25) is 0 Å². The highest BCUT2D eigenvalue weighted by molar-refractivity contribution is 5.77. The number of benzene rings is 10. The zero-order valence-electron chi connectivity index (χ0n) is 50.0. The summed E-state index contributed by atoms with van der Waals surface area (Å²) in [5.41, 5.74) is 24.3. The van der Waals surface area contributed by atoms with Crippen LogP contribution in [0.5, 0.6) is 0 Å². The maximum Gasteiger partial charge on any atom is 0.00239 e. The van der Waals surface area contributed by atoms with E-state index in [0.29, 0.717) is 5.92 Å². The molecular formula is C84H88. The van der Waals surface area contributed by atoms with Crippen LogP contribution in [0.4, 0.5) is 0 Å². The van der Waals surface area contributed by atoms with Gasteiger partial charge in [-0.1, -0.05) is 369 Å². The number of aryl methyl sites for hydroxylation is 2. The van der Waals surface area contributed by atoms with Gasteiger partial charge >= 0.3 is 0 Å². The second-order valence-corrected chi connectivity index (χ2v) is 21.1. The Morgan fingerprint density at radius 1 is 0.417 bits per heavy atom. The van der Waals surface area contributed by atoms with Gasteiger partial charge in [-0.25, -0.2) is 0 Å². The Labute approximate surface area is 506 Å². The third-order valence-electron chi connectivity index (χ3n) is 14.7. The average molecular weight is 1100 g/mol. The van der Waals surface area contributed by atoms with E-state index in [2.05, 4.69) is 308 Å². The van der Waals surface area contributed by atoms with Gasteiger partial charge in [-0.15, -0.1) is 0 Å². The first-order valence-electron chi connectivity index (χ1n) is 29.8. The van der Waals surface area contributed by atoms with Crippen LogP contribution in [-0.2, 0) is 6.42 Å². The molecule has 0 saturated heterocycles. The van der Waals surface area contributed by atoms with Crippen LogP contribution < -0.4 is 0 Å². The van der Waals surface area contributed by atoms with E-state index in [0.717, 1.165) is 18.4 Å². The van der Waals surface area contributed by atoms with Gasteiger partial charge in [-0.05, 0) is 135 Å². The van der Waals surface area contributed by atoms with Gasteiger partial charge in [0.2, 0.25) is 0 Å². The molecule has 84 heavy (non-hydrogen) atoms. The molecule has 1 atom stereocenters. The summed E-state index contributed by atoms with van der Waals surface area (Å²) in [7, 11) is 0. The van der Waals surface area contributed by atoms with E-state index in [1.54, 1.807) is 0 Å². The summed E-state index contributed by atoms with van der Waals surface area (Å²) in [6.07, 6.45) is 17.5. The van der Waals surface area contributed by atoms with Gasteiger partial charge in [0.15, 0.2) is 0 Å². The molecule has 0 heteroatoms. The number of hydrogen-bond acceptors (Lipinski definition) is 0. The lowest BCUT2D eigenvalue weighted by molar-refractivity contribution is 0.716. The zero-order valence-corrected chi connectivity index (χ0v) is 50.0. The highest BCUT2D eigenvalue weighted by atomic mass is 14.2. The minimum Gasteiger partial charge on any atom is -0.0990 e. The molecule has 424 valence electrons. The smallest absolute Gasteiger partial charge is 0.00239 e. The number of allylic oxidation sites excluding steroid dienone is 8. The first-order chi connectivity index (χ1) is 40.7. The van der Waals surface area contributed by atoms with Gasteiger partial charge in [-0.2, -0.15) is 0 Å². The molecule has 0 aromatic heterocycles. The molecule has 0 aliphatic rings. The van der Waals surface area contributed by atoms with E-state index < -0.39 is 0 Å². The van der Waals surface area contributed by atoms with Crippen molar-refractivity contribution in [3.8, 4) is 55.6 Å². The lowest BCUT2D eigenvalue weighted by atomic mass is 9.88. The summed E-state index contributed by atoms with van der Waals surface area (Å²) in [5.74, 6) is 0.438. The van der Waals surface area contributed by atoms with Crippen LogP contribution >= 0.6 is 0 Å². The van der Waals surface area contributed by atoms with Crippen molar-refractivity contribution in [3.05, 3.63) is 344 Å². The Balaban J connectivity index is 0.000000192. The maximum atomic E-state index is 3.93. The lowest BCUT2D eigenvalue weighted by Gasteiger charge is -2.17. The quantitative estimate of drug-likeness (QED) is 0.0751. The summed E-state index contributed by atoms with van der Waals surface area (Å²) >= 11 is 0. The standard InChI is InChI=1S/C34H36.C19H18.C15H14.C15H16.CH4/c1-4-9-33(31-21-17-29(18-22-31)27-11-7-6-8-12-27)25-34(10-5-2)32-23-19-30(20-24-32)28-15-13-26(3)14-16-28;1-3-8-16(9-4-2)18-12-14-19(15-13-18)17-10-6-5-7-11-17;1-12(2)13-8-10-15(11-9-13)14-6-4-3-5-7-14;1-2-6-13-9-11-15(12-10-13)14-7-4-3-5-8-14;/h6-8,11-25,33H,4-5,9-10H2,1-3H3;3-15H,1H2,2H3;3-11H,1H2,2H3;3-5,7-12H,2,6H2,1H3;1H4/b34-25+;9-4-,16-8+;;;. The molecule has 0 N–H and O–H groups in total. The van der Waals surface area contributed by atoms with Crippen molar-refractivity contribution < 1.29 is 0 Å². The van der Waals surface area contributed by atoms with Crippen molar-refractivity contribution >= 4 is 16.7 Å². The summed E-state index contributed by atoms with van der Waals surface area (Å²) in [6, 6.07) is 95.1. The van der Waals surface area contributed by atoms with Crippen molar-refractivity contribution in [1.82, 2.24) is 0 Å². The van der Waals surface area contributed by atoms with Crippen LogP contribution in [0.15, 0.2) is 310 Å². The molecule has 10 aromatic carbocycles. The Morgan fingerprint density at radius 3 is 1.13 bits per heavy atom. The Morgan fingerprint density at radius 2 is 0.774 bits per heavy atom. The van der Waals surface area contributed by atoms with E-state index in [1.165, 1.54) is 126 Å². The van der Waals surface area contributed by atoms with E-state index in [4.69, 9.17) is 0 Å². The molecule has 0 heterocycles. The fraction of sp³-hybridized carbons (Fsp3) is 0.167. The van der Waals surface area contributed by atoms with Crippen LogP contribution in [0, 0.1) is 6.92 Å². The molecule has 0 fully saturated rings. The second kappa shape index (κ2) is 35.0. The largest absolute Gasteiger partial charge is 0.0990 e. The normalized spacial score (nSPS) is 11.3. The van der Waals surface area contributed by atoms with Gasteiger partial charge in [0.25, 0.3) is 0 Å². The number of hydrogen-bond donors (Lipinski definition) is 0. The highest BCUT2D eigenvalue weighted by Gasteiger charge is 2.12. The van der Waals surface area contributed by atoms with Crippen molar-refractivity contribution in [2.45, 2.75) is 93.4 Å². The van der Waals surface area contributed by atoms with Crippen LogP contribution in [0.3, 0.4) is 0 Å². The first kappa shape index (κ1) is 64.1. The summed E-state index contributed by atoms with van der Waals surface area (Å²) in [6.45, 7) is 20.7. The van der Waals surface area contributed by atoms with Gasteiger partial charge in [0, 0.05) is 5.92 Å². The lowest BCUT2D eigenvalue weighted by Crippen LogP contribution is -1.98. The molecule has 0 radical (unpaired) electrons. The van der Waals surface area contributed by atoms with E-state index in [1.807, 2.05) is 44.2 Å². The Hall–Kier alpha value is -9.10. The maximum absolute atomic E-state index is 3.93. The SMILES string of the molecule is C.C=C(C)c1ccc(-c2ccccc2)cc1.C=C/C=C(\C=C/C)c1ccc(-c2ccccc2)cc1.CCC/C(=C\C(CCC)c1ccc(-c2ccccc2)cc1)c1ccc(-c2ccc(C)cc2)cc1.CCCc1ccc(-c2ccccc2)cc1. The van der Waals surface area contributed by atoms with Gasteiger partial charge in [0.05, 0.1) is 0 Å². The molecule has 0 saturated carbocycles. The van der Waals surface area contributed by atoms with Crippen molar-refractivity contribution in [2.24, 2.45) is 0 Å². The Kier molecular flexibility index (Phi) is 26.7. The molecule has 0 spiro atoms. The van der Waals surface area contributed by atoms with Crippen molar-refractivity contribution in [3.63, 3.8) is 0 Å². The summed E-state index contributed by atoms with van der Waals surface area (Å²) in [4.78, 5) is 0. The number of rotatable bonds is 18. The van der Waals surface area contributed by atoms with Crippen LogP contribution in [0.25, 0.3) is 72.4 Å². The van der Waals surface area contributed by atoms with Crippen LogP contribution in [0.2, 0.25) is 0 Å². The van der Waals surface area contributed by atoms with Crippen LogP contribution in [-0.4, -0.2) is 0 Å². The molecule has 10 aromatic rings. The predicted octanol–water partition coefficient (Wildman–Crippen LogP) is 24.9. The summed E-state index contributed by atoms with van der Waals surface area (Å²) in [5, 5.41) is 0. The van der Waals surface area contributed by atoms with Crippen molar-refractivity contribution in [1.29, 1.82) is 0 Å². The Bertz CT molecular complexity index is 3540.